The van der Waals surface area contributed by atoms with Crippen molar-refractivity contribution in [1.29, 1.82) is 0 Å². The number of morpholine rings is 1. The van der Waals surface area contributed by atoms with Crippen LogP contribution in [0.5, 0.6) is 0 Å². The number of nitrogens with zero attached hydrogens (tertiary/aromatic N) is 1. The highest BCUT2D eigenvalue weighted by Gasteiger charge is 2.15. The Balaban J connectivity index is 2.43. The molecule has 0 aromatic heterocycles. The predicted octanol–water partition coefficient (Wildman–Crippen LogP) is -0.0665. The van der Waals surface area contributed by atoms with Gasteiger partial charge >= 0.3 is 0 Å². The van der Waals surface area contributed by atoms with Crippen molar-refractivity contribution in [2.75, 3.05) is 40.0 Å². The molecule has 0 aromatic rings. The zero-order valence-corrected chi connectivity index (χ0v) is 8.23. The normalized spacial score (nSPS) is 18.4. The summed E-state index contributed by atoms with van der Waals surface area (Å²) in [5, 5.41) is 9.21. The maximum Gasteiger partial charge on any atom is 0.250 e. The second-order valence-corrected chi connectivity index (χ2v) is 3.01. The molecule has 1 N–H and O–H groups in total. The zero-order chi connectivity index (χ0) is 10.4. The van der Waals surface area contributed by atoms with E-state index in [2.05, 4.69) is 4.74 Å². The quantitative estimate of drug-likeness (QED) is 0.513. The van der Waals surface area contributed by atoms with Crippen LogP contribution in [0.15, 0.2) is 11.8 Å². The van der Waals surface area contributed by atoms with E-state index in [9.17, 15) is 9.90 Å². The van der Waals surface area contributed by atoms with Crippen LogP contribution in [0.1, 0.15) is 0 Å². The Morgan fingerprint density at radius 1 is 1.57 bits per heavy atom. The van der Waals surface area contributed by atoms with E-state index < -0.39 is 0 Å². The summed E-state index contributed by atoms with van der Waals surface area (Å²) in [6.45, 7) is 2.34. The smallest absolute Gasteiger partial charge is 0.250 e. The van der Waals surface area contributed by atoms with Crippen LogP contribution in [0.2, 0.25) is 0 Å². The molecule has 1 amide bonds. The molecule has 5 heteroatoms. The number of aliphatic hydroxyl groups is 1. The van der Waals surface area contributed by atoms with Gasteiger partial charge in [0.05, 0.1) is 13.2 Å². The molecule has 0 unspecified atom stereocenters. The van der Waals surface area contributed by atoms with Crippen molar-refractivity contribution in [2.45, 2.75) is 0 Å². The number of methoxy groups -OCH3 is 1. The van der Waals surface area contributed by atoms with Gasteiger partial charge in [-0.3, -0.25) is 4.79 Å². The van der Waals surface area contributed by atoms with Gasteiger partial charge in [-0.1, -0.05) is 0 Å². The fourth-order valence-electron chi connectivity index (χ4n) is 1.21. The van der Waals surface area contributed by atoms with E-state index in [-0.39, 0.29) is 18.3 Å². The third-order valence-electron chi connectivity index (χ3n) is 1.91. The molecule has 0 atom stereocenters. The molecule has 80 valence electrons. The Morgan fingerprint density at radius 2 is 2.21 bits per heavy atom. The summed E-state index contributed by atoms with van der Waals surface area (Å²) in [6.07, 6.45) is 1.19. The molecule has 1 saturated heterocycles. The Labute approximate surface area is 82.9 Å². The topological polar surface area (TPSA) is 59.0 Å². The van der Waals surface area contributed by atoms with E-state index in [1.165, 1.54) is 13.2 Å². The number of rotatable bonds is 3. The largest absolute Gasteiger partial charge is 0.510 e. The number of carbonyl (C=O) groups excluding carboxylic acids is 1. The highest BCUT2D eigenvalue weighted by molar-refractivity contribution is 5.88. The van der Waals surface area contributed by atoms with Crippen molar-refractivity contribution >= 4 is 5.91 Å². The molecule has 14 heavy (non-hydrogen) atoms. The van der Waals surface area contributed by atoms with Crippen molar-refractivity contribution in [1.82, 2.24) is 4.90 Å². The third kappa shape index (κ3) is 3.35. The van der Waals surface area contributed by atoms with Crippen LogP contribution in [0, 0.1) is 0 Å². The summed E-state index contributed by atoms with van der Waals surface area (Å²) in [4.78, 5) is 13.1. The lowest BCUT2D eigenvalue weighted by atomic mass is 10.3. The van der Waals surface area contributed by atoms with Crippen molar-refractivity contribution in [3.8, 4) is 0 Å². The zero-order valence-electron chi connectivity index (χ0n) is 8.23. The Hall–Kier alpha value is -1.07. The van der Waals surface area contributed by atoms with Crippen LogP contribution >= 0.6 is 0 Å². The molecule has 0 aliphatic carbocycles. The first-order valence-electron chi connectivity index (χ1n) is 4.49. The van der Waals surface area contributed by atoms with Gasteiger partial charge in [-0.2, -0.15) is 0 Å². The maximum atomic E-state index is 11.5. The highest BCUT2D eigenvalue weighted by atomic mass is 16.5. The van der Waals surface area contributed by atoms with Gasteiger partial charge in [0.25, 0.3) is 0 Å². The molecule has 1 rings (SSSR count). The lowest BCUT2D eigenvalue weighted by Crippen LogP contribution is -2.40. The predicted molar refractivity (Wildman–Crippen MR) is 50.0 cm³/mol. The third-order valence-corrected chi connectivity index (χ3v) is 1.91. The van der Waals surface area contributed by atoms with Crippen LogP contribution in [0.25, 0.3) is 0 Å². The standard InChI is InChI=1S/C9H15NO4/c1-13-7-8(11)6-9(12)10-2-4-14-5-3-10/h6,11H,2-5,7H2,1H3. The van der Waals surface area contributed by atoms with Gasteiger partial charge in [0, 0.05) is 26.3 Å². The summed E-state index contributed by atoms with van der Waals surface area (Å²) in [5.74, 6) is -0.244. The molecule has 1 heterocycles. The summed E-state index contributed by atoms with van der Waals surface area (Å²) >= 11 is 0. The number of aliphatic hydroxyl groups excluding tert-OH is 1. The minimum Gasteiger partial charge on any atom is -0.510 e. The number of hydrogen-bond acceptors (Lipinski definition) is 4. The molecule has 0 bridgehead atoms. The monoisotopic (exact) mass is 201 g/mol. The van der Waals surface area contributed by atoms with Crippen LogP contribution in [-0.2, 0) is 14.3 Å². The van der Waals surface area contributed by atoms with Gasteiger partial charge in [0.1, 0.15) is 12.4 Å². The molecule has 0 aromatic carbocycles. The first kappa shape index (κ1) is 11.0. The molecule has 0 saturated carbocycles. The van der Waals surface area contributed by atoms with Crippen molar-refractivity contribution in [3.63, 3.8) is 0 Å². The molecule has 1 fully saturated rings. The Morgan fingerprint density at radius 3 is 2.79 bits per heavy atom. The lowest BCUT2D eigenvalue weighted by Gasteiger charge is -2.25. The van der Waals surface area contributed by atoms with Gasteiger partial charge in [0.15, 0.2) is 0 Å². The van der Waals surface area contributed by atoms with Crippen LogP contribution in [-0.4, -0.2) is 55.9 Å². The van der Waals surface area contributed by atoms with E-state index in [0.717, 1.165) is 0 Å². The van der Waals surface area contributed by atoms with Gasteiger partial charge in [-0.05, 0) is 0 Å². The molecule has 1 aliphatic rings. The average molecular weight is 201 g/mol. The highest BCUT2D eigenvalue weighted by Crippen LogP contribution is 2.00. The van der Waals surface area contributed by atoms with Crippen molar-refractivity contribution in [2.24, 2.45) is 0 Å². The van der Waals surface area contributed by atoms with Gasteiger partial charge < -0.3 is 19.5 Å². The molecular weight excluding hydrogens is 186 g/mol. The number of carbonyl (C=O) groups is 1. The number of hydrogen-bond donors (Lipinski definition) is 1. The number of amides is 1. The second kappa shape index (κ2) is 5.62. The maximum absolute atomic E-state index is 11.5. The van der Waals surface area contributed by atoms with E-state index in [1.54, 1.807) is 4.90 Å². The van der Waals surface area contributed by atoms with E-state index >= 15 is 0 Å². The minimum absolute atomic E-state index is 0.0519. The molecule has 1 aliphatic heterocycles. The fourth-order valence-corrected chi connectivity index (χ4v) is 1.21. The number of ether oxygens (including phenoxy) is 2. The van der Waals surface area contributed by atoms with Crippen LogP contribution < -0.4 is 0 Å². The van der Waals surface area contributed by atoms with Gasteiger partial charge in [-0.25, -0.2) is 0 Å². The van der Waals surface area contributed by atoms with Gasteiger partial charge in [-0.15, -0.1) is 0 Å². The Bertz CT molecular complexity index is 221. The van der Waals surface area contributed by atoms with Crippen molar-refractivity contribution in [3.05, 3.63) is 11.8 Å². The minimum atomic E-state index is -0.192. The summed E-state index contributed by atoms with van der Waals surface area (Å²) in [5.41, 5.74) is 0. The van der Waals surface area contributed by atoms with Crippen LogP contribution in [0.4, 0.5) is 0 Å². The second-order valence-electron chi connectivity index (χ2n) is 3.01. The summed E-state index contributed by atoms with van der Waals surface area (Å²) in [6, 6.07) is 0. The first-order chi connectivity index (χ1) is 6.74. The average Bonchev–Trinajstić information content (AvgIpc) is 2.19. The summed E-state index contributed by atoms with van der Waals surface area (Å²) < 4.78 is 9.78. The molecule has 5 nitrogen and oxygen atoms in total. The van der Waals surface area contributed by atoms with E-state index in [0.29, 0.717) is 26.3 Å². The van der Waals surface area contributed by atoms with Crippen LogP contribution in [0.3, 0.4) is 0 Å². The SMILES string of the molecule is COCC(O)=CC(=O)N1CCOCC1. The summed E-state index contributed by atoms with van der Waals surface area (Å²) in [7, 11) is 1.46. The lowest BCUT2D eigenvalue weighted by molar-refractivity contribution is -0.130. The van der Waals surface area contributed by atoms with E-state index in [4.69, 9.17) is 4.74 Å². The van der Waals surface area contributed by atoms with Gasteiger partial charge in [0.2, 0.25) is 5.91 Å². The molecular formula is C9H15NO4. The first-order valence-corrected chi connectivity index (χ1v) is 4.49. The van der Waals surface area contributed by atoms with Crippen molar-refractivity contribution < 1.29 is 19.4 Å². The fraction of sp³-hybridized carbons (Fsp3) is 0.667. The molecule has 0 spiro atoms. The van der Waals surface area contributed by atoms with E-state index in [1.807, 2.05) is 0 Å². The Kier molecular flexibility index (Phi) is 4.42. The molecule has 0 radical (unpaired) electrons.